The van der Waals surface area contributed by atoms with Gasteiger partial charge in [0.25, 0.3) is 0 Å². The van der Waals surface area contributed by atoms with Crippen LogP contribution in [0.3, 0.4) is 0 Å². The van der Waals surface area contributed by atoms with E-state index >= 15 is 0 Å². The Morgan fingerprint density at radius 3 is 0.958 bits per heavy atom. The van der Waals surface area contributed by atoms with E-state index in [-0.39, 0.29) is 0 Å². The van der Waals surface area contributed by atoms with Crippen LogP contribution in [0.15, 0.2) is 0 Å². The molecule has 0 aromatic carbocycles. The maximum absolute atomic E-state index is 12.9. The van der Waals surface area contributed by atoms with E-state index in [0.29, 0.717) is 0 Å². The van der Waals surface area contributed by atoms with Crippen LogP contribution in [-0.4, -0.2) is 48.3 Å². The summed E-state index contributed by atoms with van der Waals surface area (Å²) in [6.45, 7) is -3.79. The lowest BCUT2D eigenvalue weighted by Gasteiger charge is -2.41. The number of alkyl halides is 15. The first-order valence-electron chi connectivity index (χ1n) is 5.06. The maximum Gasteiger partial charge on any atom is 0.392 e. The summed E-state index contributed by atoms with van der Waals surface area (Å²) < 4.78 is 188. The highest BCUT2D eigenvalue weighted by atomic mass is 19.4. The Hall–Kier alpha value is -1.09. The van der Waals surface area contributed by atoms with Crippen molar-refractivity contribution in [1.82, 2.24) is 0 Å². The number of nitrogens with two attached hydrogens (primary N) is 1. The van der Waals surface area contributed by atoms with Gasteiger partial charge in [-0.2, -0.15) is 61.5 Å². The van der Waals surface area contributed by atoms with Gasteiger partial charge in [0.15, 0.2) is 6.67 Å². The molecule has 0 aliphatic carbocycles. The molecule has 0 fully saturated rings. The Morgan fingerprint density at radius 1 is 0.458 bits per heavy atom. The molecule has 0 aliphatic heterocycles. The minimum Gasteiger partial charge on any atom is -0.267 e. The summed E-state index contributed by atoms with van der Waals surface area (Å²) in [5.74, 6) is -46.3. The van der Waals surface area contributed by atoms with Crippen LogP contribution in [0.25, 0.3) is 0 Å². The van der Waals surface area contributed by atoms with Gasteiger partial charge in [0.2, 0.25) is 0 Å². The molecule has 0 spiro atoms. The van der Waals surface area contributed by atoms with Gasteiger partial charge in [-0.25, -0.2) is 4.39 Å². The van der Waals surface area contributed by atoms with Crippen LogP contribution >= 0.6 is 0 Å². The first kappa shape index (κ1) is 22.9. The fraction of sp³-hybridized carbons (Fsp3) is 1.00. The third-order valence-corrected chi connectivity index (χ3v) is 2.62. The van der Waals surface area contributed by atoms with E-state index in [4.69, 9.17) is 0 Å². The fourth-order valence-corrected chi connectivity index (χ4v) is 1.11. The second kappa shape index (κ2) is 5.45. The summed E-state index contributed by atoms with van der Waals surface area (Å²) in [6.07, 6.45) is 0. The Balaban J connectivity index is 6.42. The van der Waals surface area contributed by atoms with E-state index in [9.17, 15) is 65.9 Å². The Morgan fingerprint density at radius 2 is 0.708 bits per heavy atom. The molecule has 0 saturated heterocycles. The average molecular weight is 399 g/mol. The molecule has 0 rings (SSSR count). The van der Waals surface area contributed by atoms with Crippen molar-refractivity contribution in [2.45, 2.75) is 41.6 Å². The highest BCUT2D eigenvalue weighted by molar-refractivity contribution is 5.13. The van der Waals surface area contributed by atoms with Gasteiger partial charge >= 0.3 is 41.6 Å². The molecule has 1 nitrogen and oxygen atoms in total. The van der Waals surface area contributed by atoms with Crippen LogP contribution in [0.2, 0.25) is 0 Å². The maximum atomic E-state index is 12.9. The van der Waals surface area contributed by atoms with Crippen LogP contribution in [0, 0.1) is 0 Å². The van der Waals surface area contributed by atoms with Gasteiger partial charge in [-0.05, 0) is 0 Å². The predicted octanol–water partition coefficient (Wildman–Crippen LogP) is 4.32. The summed E-state index contributed by atoms with van der Waals surface area (Å²) >= 11 is 0. The number of rotatable bonds is 7. The first-order chi connectivity index (χ1) is 10.1. The van der Waals surface area contributed by atoms with Gasteiger partial charge in [0.05, 0.1) is 0 Å². The molecule has 24 heavy (non-hydrogen) atoms. The number of hydrogen-bond acceptors (Lipinski definition) is 1. The largest absolute Gasteiger partial charge is 0.392 e. The van der Waals surface area contributed by atoms with Crippen LogP contribution in [0.1, 0.15) is 0 Å². The van der Waals surface area contributed by atoms with E-state index in [1.807, 2.05) is 0 Å². The van der Waals surface area contributed by atoms with E-state index in [2.05, 4.69) is 5.73 Å². The second-order valence-corrected chi connectivity index (χ2v) is 4.33. The summed E-state index contributed by atoms with van der Waals surface area (Å²) in [6, 6.07) is -6.64. The van der Waals surface area contributed by atoms with Gasteiger partial charge in [0, 0.05) is 0 Å². The molecule has 0 amide bonds. The van der Waals surface area contributed by atoms with Crippen LogP contribution in [0.5, 0.6) is 0 Å². The second-order valence-electron chi connectivity index (χ2n) is 4.33. The summed E-state index contributed by atoms with van der Waals surface area (Å²) in [4.78, 5) is 0. The quantitative estimate of drug-likeness (QED) is 0.501. The monoisotopic (exact) mass is 399 g/mol. The van der Waals surface area contributed by atoms with Crippen molar-refractivity contribution in [3.8, 4) is 0 Å². The molecule has 0 radical (unpaired) electrons. The van der Waals surface area contributed by atoms with Crippen molar-refractivity contribution in [3.05, 3.63) is 0 Å². The molecule has 146 valence electrons. The van der Waals surface area contributed by atoms with Crippen LogP contribution in [0.4, 0.5) is 65.9 Å². The minimum absolute atomic E-state index is 3.12. The first-order valence-corrected chi connectivity index (χ1v) is 5.06. The normalized spacial score (nSPS) is 16.5. The van der Waals surface area contributed by atoms with Crippen molar-refractivity contribution in [2.75, 3.05) is 6.67 Å². The highest BCUT2D eigenvalue weighted by Crippen LogP contribution is 2.61. The van der Waals surface area contributed by atoms with Gasteiger partial charge in [-0.1, -0.05) is 0 Å². The molecule has 0 bridgehead atoms. The topological polar surface area (TPSA) is 26.0 Å². The number of halogens is 15. The van der Waals surface area contributed by atoms with E-state index in [1.165, 1.54) is 0 Å². The average Bonchev–Trinajstić information content (AvgIpc) is 2.36. The molecule has 0 aliphatic rings. The zero-order chi connectivity index (χ0) is 20.2. The third kappa shape index (κ3) is 2.65. The molecular formula is C8H4F15N. The Labute approximate surface area is 121 Å². The molecule has 0 aromatic rings. The minimum atomic E-state index is -8.20. The Kier molecular flexibility index (Phi) is 5.21. The molecule has 16 heteroatoms. The van der Waals surface area contributed by atoms with E-state index in [1.54, 1.807) is 0 Å². The fourth-order valence-electron chi connectivity index (χ4n) is 1.11. The van der Waals surface area contributed by atoms with Crippen molar-refractivity contribution >= 4 is 0 Å². The summed E-state index contributed by atoms with van der Waals surface area (Å²) in [5.41, 5.74) is 3.12. The van der Waals surface area contributed by atoms with Gasteiger partial charge in [0.1, 0.15) is 0 Å². The SMILES string of the molecule is NC(F)(F)C(F)(F)C(F)(F)C(F)(F)C(F)(F)C(F)(F)C(F)(F)CF. The lowest BCUT2D eigenvalue weighted by Crippen LogP contribution is -2.74. The van der Waals surface area contributed by atoms with E-state index < -0.39 is 48.3 Å². The van der Waals surface area contributed by atoms with Crippen molar-refractivity contribution in [1.29, 1.82) is 0 Å². The van der Waals surface area contributed by atoms with Gasteiger partial charge in [-0.3, -0.25) is 5.73 Å². The molecule has 2 N–H and O–H groups in total. The third-order valence-electron chi connectivity index (χ3n) is 2.62. The van der Waals surface area contributed by atoms with Gasteiger partial charge < -0.3 is 0 Å². The lowest BCUT2D eigenvalue weighted by atomic mass is 9.91. The molecule has 0 unspecified atom stereocenters. The Bertz CT molecular complexity index is 461. The molecular weight excluding hydrogens is 395 g/mol. The molecule has 0 aromatic heterocycles. The number of hydrogen-bond donors (Lipinski definition) is 1. The van der Waals surface area contributed by atoms with Crippen LogP contribution < -0.4 is 5.73 Å². The van der Waals surface area contributed by atoms with Crippen molar-refractivity contribution < 1.29 is 65.9 Å². The standard InChI is InChI=1S/C8H4F15N/c9-1-2(10,11)3(12,13)4(14,15)5(16,17)6(18,19)7(20,21)8(22,23)24/h1,24H2. The highest BCUT2D eigenvalue weighted by Gasteiger charge is 2.92. The van der Waals surface area contributed by atoms with Crippen molar-refractivity contribution in [2.24, 2.45) is 5.73 Å². The predicted molar refractivity (Wildman–Crippen MR) is 44.8 cm³/mol. The van der Waals surface area contributed by atoms with Crippen LogP contribution in [-0.2, 0) is 0 Å². The van der Waals surface area contributed by atoms with Gasteiger partial charge in [-0.15, -0.1) is 0 Å². The van der Waals surface area contributed by atoms with Crippen molar-refractivity contribution in [3.63, 3.8) is 0 Å². The smallest absolute Gasteiger partial charge is 0.267 e. The lowest BCUT2D eigenvalue weighted by molar-refractivity contribution is -0.441. The zero-order valence-corrected chi connectivity index (χ0v) is 10.5. The molecule has 0 atom stereocenters. The van der Waals surface area contributed by atoms with E-state index in [0.717, 1.165) is 0 Å². The molecule has 0 saturated carbocycles. The summed E-state index contributed by atoms with van der Waals surface area (Å²) in [5, 5.41) is 0. The molecule has 0 heterocycles. The zero-order valence-electron chi connectivity index (χ0n) is 10.5. The summed E-state index contributed by atoms with van der Waals surface area (Å²) in [7, 11) is 0.